The monoisotopic (exact) mass is 218 g/mol. The molecule has 0 radical (unpaired) electrons. The van der Waals surface area contributed by atoms with Crippen molar-refractivity contribution in [3.05, 3.63) is 30.5 Å². The Labute approximate surface area is 95.8 Å². The first kappa shape index (κ1) is 11.0. The maximum Gasteiger partial charge on any atom is 0.136 e. The van der Waals surface area contributed by atoms with Crippen LogP contribution >= 0.6 is 0 Å². The highest BCUT2D eigenvalue weighted by molar-refractivity contribution is 5.90. The predicted octanol–water partition coefficient (Wildman–Crippen LogP) is 2.61. The van der Waals surface area contributed by atoms with E-state index in [1.54, 1.807) is 0 Å². The third-order valence-corrected chi connectivity index (χ3v) is 2.79. The number of furan rings is 1. The van der Waals surface area contributed by atoms with Crippen molar-refractivity contribution in [1.82, 2.24) is 0 Å². The van der Waals surface area contributed by atoms with Crippen molar-refractivity contribution < 1.29 is 4.42 Å². The van der Waals surface area contributed by atoms with Gasteiger partial charge in [0.25, 0.3) is 0 Å². The van der Waals surface area contributed by atoms with E-state index in [0.29, 0.717) is 0 Å². The summed E-state index contributed by atoms with van der Waals surface area (Å²) in [4.78, 5) is 2.19. The number of hydrogen-bond acceptors (Lipinski definition) is 3. The molecular formula is C13H18N2O. The molecule has 16 heavy (non-hydrogen) atoms. The molecule has 2 aromatic rings. The van der Waals surface area contributed by atoms with Gasteiger partial charge in [-0.3, -0.25) is 0 Å². The summed E-state index contributed by atoms with van der Waals surface area (Å²) in [6.45, 7) is 2.97. The number of anilines is 1. The van der Waals surface area contributed by atoms with Crippen LogP contribution in [0, 0.1) is 0 Å². The molecule has 2 rings (SSSR count). The highest BCUT2D eigenvalue weighted by atomic mass is 16.3. The zero-order chi connectivity index (χ0) is 11.5. The van der Waals surface area contributed by atoms with Crippen LogP contribution in [0.15, 0.2) is 34.9 Å². The lowest BCUT2D eigenvalue weighted by molar-refractivity contribution is 0.610. The Hall–Kier alpha value is -1.48. The summed E-state index contributed by atoms with van der Waals surface area (Å²) in [6.07, 6.45) is 2.79. The molecule has 3 heteroatoms. The van der Waals surface area contributed by atoms with Gasteiger partial charge in [-0.15, -0.1) is 0 Å². The second-order valence-corrected chi connectivity index (χ2v) is 4.30. The molecule has 1 unspecified atom stereocenters. The number of fused-ring (bicyclic) bond motifs is 1. The van der Waals surface area contributed by atoms with Gasteiger partial charge in [-0.25, -0.2) is 0 Å². The number of rotatable bonds is 4. The molecule has 3 nitrogen and oxygen atoms in total. The summed E-state index contributed by atoms with van der Waals surface area (Å²) in [5.74, 6) is 0. The zero-order valence-electron chi connectivity index (χ0n) is 9.81. The molecule has 2 N–H and O–H groups in total. The molecule has 1 aromatic heterocycles. The van der Waals surface area contributed by atoms with Crippen molar-refractivity contribution in [1.29, 1.82) is 0 Å². The summed E-state index contributed by atoms with van der Waals surface area (Å²) < 4.78 is 5.50. The van der Waals surface area contributed by atoms with Crippen molar-refractivity contribution >= 4 is 16.7 Å². The summed E-state index contributed by atoms with van der Waals surface area (Å²) >= 11 is 0. The fourth-order valence-electron chi connectivity index (χ4n) is 1.78. The van der Waals surface area contributed by atoms with Gasteiger partial charge >= 0.3 is 0 Å². The van der Waals surface area contributed by atoms with Crippen molar-refractivity contribution in [2.45, 2.75) is 19.4 Å². The molecule has 0 aliphatic rings. The molecule has 0 aliphatic carbocycles. The summed E-state index contributed by atoms with van der Waals surface area (Å²) in [6, 6.07) is 8.31. The maximum atomic E-state index is 5.76. The molecular weight excluding hydrogens is 200 g/mol. The van der Waals surface area contributed by atoms with Gasteiger partial charge in [0.05, 0.1) is 5.69 Å². The number of para-hydroxylation sites is 1. The Morgan fingerprint density at radius 2 is 2.12 bits per heavy atom. The molecule has 1 heterocycles. The van der Waals surface area contributed by atoms with E-state index in [-0.39, 0.29) is 6.04 Å². The molecule has 0 spiro atoms. The van der Waals surface area contributed by atoms with E-state index in [9.17, 15) is 0 Å². The second-order valence-electron chi connectivity index (χ2n) is 4.30. The minimum atomic E-state index is 0.237. The molecule has 0 bridgehead atoms. The lowest BCUT2D eigenvalue weighted by Gasteiger charge is -2.18. The van der Waals surface area contributed by atoms with Crippen molar-refractivity contribution in [3.8, 4) is 0 Å². The summed E-state index contributed by atoms with van der Waals surface area (Å²) in [7, 11) is 2.07. The molecule has 0 fully saturated rings. The third kappa shape index (κ3) is 2.19. The Balaban J connectivity index is 2.19. The summed E-state index contributed by atoms with van der Waals surface area (Å²) in [5, 5.41) is 1.16. The molecule has 1 atom stereocenters. The first-order valence-corrected chi connectivity index (χ1v) is 5.61. The molecule has 0 amide bonds. The highest BCUT2D eigenvalue weighted by Gasteiger charge is 2.09. The van der Waals surface area contributed by atoms with Gasteiger partial charge in [0.15, 0.2) is 0 Å². The van der Waals surface area contributed by atoms with Crippen LogP contribution in [-0.4, -0.2) is 19.6 Å². The van der Waals surface area contributed by atoms with E-state index < -0.39 is 0 Å². The fourth-order valence-corrected chi connectivity index (χ4v) is 1.78. The Morgan fingerprint density at radius 3 is 2.88 bits per heavy atom. The Bertz CT molecular complexity index is 462. The normalized spacial score (nSPS) is 12.9. The molecule has 0 aliphatic heterocycles. The van der Waals surface area contributed by atoms with E-state index in [1.165, 1.54) is 0 Å². The van der Waals surface area contributed by atoms with Gasteiger partial charge in [0, 0.05) is 25.0 Å². The zero-order valence-corrected chi connectivity index (χ0v) is 9.81. The van der Waals surface area contributed by atoms with Gasteiger partial charge in [0.1, 0.15) is 11.8 Å². The predicted molar refractivity (Wildman–Crippen MR) is 67.8 cm³/mol. The topological polar surface area (TPSA) is 42.4 Å². The van der Waals surface area contributed by atoms with Gasteiger partial charge < -0.3 is 15.1 Å². The molecule has 86 valence electrons. The summed E-state index contributed by atoms with van der Waals surface area (Å²) in [5.41, 5.74) is 7.83. The van der Waals surface area contributed by atoms with Crippen LogP contribution < -0.4 is 10.6 Å². The van der Waals surface area contributed by atoms with Gasteiger partial charge in [-0.2, -0.15) is 0 Å². The lowest BCUT2D eigenvalue weighted by Crippen LogP contribution is -2.25. The van der Waals surface area contributed by atoms with Gasteiger partial charge in [-0.05, 0) is 25.5 Å². The van der Waals surface area contributed by atoms with Gasteiger partial charge in [-0.1, -0.05) is 12.1 Å². The quantitative estimate of drug-likeness (QED) is 0.857. The van der Waals surface area contributed by atoms with E-state index in [1.807, 2.05) is 31.4 Å². The minimum absolute atomic E-state index is 0.237. The van der Waals surface area contributed by atoms with Crippen LogP contribution in [0.3, 0.4) is 0 Å². The number of benzene rings is 1. The van der Waals surface area contributed by atoms with Crippen LogP contribution in [0.4, 0.5) is 5.69 Å². The number of nitrogens with zero attached hydrogens (tertiary/aromatic N) is 1. The second kappa shape index (κ2) is 4.58. The average Bonchev–Trinajstić information content (AvgIpc) is 2.69. The molecule has 0 saturated heterocycles. The number of nitrogens with two attached hydrogens (primary N) is 1. The largest absolute Gasteiger partial charge is 0.462 e. The third-order valence-electron chi connectivity index (χ3n) is 2.79. The number of hydrogen-bond donors (Lipinski definition) is 1. The smallest absolute Gasteiger partial charge is 0.136 e. The highest BCUT2D eigenvalue weighted by Crippen LogP contribution is 2.27. The van der Waals surface area contributed by atoms with Crippen molar-refractivity contribution in [2.24, 2.45) is 5.73 Å². The SMILES string of the molecule is CC(N)CCN(C)c1coc2ccccc12. The lowest BCUT2D eigenvalue weighted by atomic mass is 10.2. The van der Waals surface area contributed by atoms with Crippen molar-refractivity contribution in [2.75, 3.05) is 18.5 Å². The first-order chi connectivity index (χ1) is 7.68. The Morgan fingerprint density at radius 1 is 1.38 bits per heavy atom. The fraction of sp³-hybridized carbons (Fsp3) is 0.385. The van der Waals surface area contributed by atoms with Crippen LogP contribution in [0.1, 0.15) is 13.3 Å². The van der Waals surface area contributed by atoms with Gasteiger partial charge in [0.2, 0.25) is 0 Å². The van der Waals surface area contributed by atoms with E-state index >= 15 is 0 Å². The van der Waals surface area contributed by atoms with Crippen LogP contribution in [-0.2, 0) is 0 Å². The van der Waals surface area contributed by atoms with Crippen LogP contribution in [0.5, 0.6) is 0 Å². The van der Waals surface area contributed by atoms with Crippen LogP contribution in [0.2, 0.25) is 0 Å². The van der Waals surface area contributed by atoms with E-state index in [4.69, 9.17) is 10.2 Å². The standard InChI is InChI=1S/C13H18N2O/c1-10(14)7-8-15(2)12-9-16-13-6-4-3-5-11(12)13/h3-6,9-10H,7-8,14H2,1-2H3. The Kier molecular flexibility index (Phi) is 3.15. The average molecular weight is 218 g/mol. The minimum Gasteiger partial charge on any atom is -0.462 e. The maximum absolute atomic E-state index is 5.76. The first-order valence-electron chi connectivity index (χ1n) is 5.61. The van der Waals surface area contributed by atoms with Crippen molar-refractivity contribution in [3.63, 3.8) is 0 Å². The molecule has 1 aromatic carbocycles. The van der Waals surface area contributed by atoms with E-state index in [2.05, 4.69) is 18.0 Å². The molecule has 0 saturated carbocycles. The van der Waals surface area contributed by atoms with Crippen LogP contribution in [0.25, 0.3) is 11.0 Å². The van der Waals surface area contributed by atoms with E-state index in [0.717, 1.165) is 29.6 Å².